The van der Waals surface area contributed by atoms with E-state index in [4.69, 9.17) is 4.74 Å². The Kier molecular flexibility index (Phi) is 5.51. The topological polar surface area (TPSA) is 83.5 Å². The number of aromatic nitrogens is 3. The Morgan fingerprint density at radius 1 is 0.931 bits per heavy atom. The highest BCUT2D eigenvalue weighted by atomic mass is 16.5. The fraction of sp³-hybridized carbons (Fsp3) is 0.238. The number of benzene rings is 1. The van der Waals surface area contributed by atoms with Gasteiger partial charge < -0.3 is 19.9 Å². The zero-order valence-corrected chi connectivity index (χ0v) is 16.2. The normalized spacial score (nSPS) is 13.8. The van der Waals surface area contributed by atoms with Crippen LogP contribution in [0.25, 0.3) is 0 Å². The summed E-state index contributed by atoms with van der Waals surface area (Å²) in [4.78, 5) is 29.4. The molecule has 29 heavy (non-hydrogen) atoms. The second-order valence-electron chi connectivity index (χ2n) is 6.62. The van der Waals surface area contributed by atoms with Gasteiger partial charge in [0, 0.05) is 44.1 Å². The molecule has 0 aliphatic carbocycles. The Morgan fingerprint density at radius 2 is 1.72 bits per heavy atom. The lowest BCUT2D eigenvalue weighted by Gasteiger charge is -2.36. The molecule has 0 amide bonds. The van der Waals surface area contributed by atoms with E-state index in [0.29, 0.717) is 11.4 Å². The summed E-state index contributed by atoms with van der Waals surface area (Å²) in [6.45, 7) is 3.46. The lowest BCUT2D eigenvalue weighted by molar-refractivity contribution is 0.0601. The van der Waals surface area contributed by atoms with E-state index >= 15 is 0 Å². The van der Waals surface area contributed by atoms with E-state index in [1.54, 1.807) is 24.5 Å². The molecule has 0 unspecified atom stereocenters. The average molecular weight is 390 g/mol. The molecule has 3 aromatic rings. The molecule has 2 aromatic heterocycles. The molecule has 1 aliphatic heterocycles. The number of anilines is 4. The number of rotatable bonds is 5. The van der Waals surface area contributed by atoms with E-state index in [-0.39, 0.29) is 5.97 Å². The van der Waals surface area contributed by atoms with Crippen LogP contribution in [0.5, 0.6) is 0 Å². The summed E-state index contributed by atoms with van der Waals surface area (Å²) in [6, 6.07) is 15.0. The van der Waals surface area contributed by atoms with Crippen LogP contribution in [0.3, 0.4) is 0 Å². The molecule has 1 fully saturated rings. The molecule has 0 saturated carbocycles. The molecule has 0 spiro atoms. The van der Waals surface area contributed by atoms with Gasteiger partial charge in [-0.1, -0.05) is 12.1 Å². The standard InChI is InChI=1S/C21H22N6O2/c1-29-21(28)16-5-4-6-17(13-16)25-18-14-20(24-15-23-18)27-11-9-26(10-12-27)19-7-2-3-8-22-19/h2-8,13-15H,9-12H2,1H3,(H,23,24,25). The third-order valence-corrected chi connectivity index (χ3v) is 4.79. The lowest BCUT2D eigenvalue weighted by atomic mass is 10.2. The van der Waals surface area contributed by atoms with Gasteiger partial charge in [-0.25, -0.2) is 19.7 Å². The smallest absolute Gasteiger partial charge is 0.337 e. The van der Waals surface area contributed by atoms with Gasteiger partial charge in [0.1, 0.15) is 23.8 Å². The molecule has 0 atom stereocenters. The molecule has 4 rings (SSSR count). The van der Waals surface area contributed by atoms with Crippen molar-refractivity contribution in [2.75, 3.05) is 48.4 Å². The third-order valence-electron chi connectivity index (χ3n) is 4.79. The first kappa shape index (κ1) is 18.7. The van der Waals surface area contributed by atoms with Crippen molar-refractivity contribution in [1.82, 2.24) is 15.0 Å². The molecular formula is C21H22N6O2. The predicted molar refractivity (Wildman–Crippen MR) is 112 cm³/mol. The highest BCUT2D eigenvalue weighted by molar-refractivity contribution is 5.90. The van der Waals surface area contributed by atoms with E-state index in [0.717, 1.165) is 43.5 Å². The molecule has 1 N–H and O–H groups in total. The molecule has 8 nitrogen and oxygen atoms in total. The van der Waals surface area contributed by atoms with Crippen LogP contribution in [0.1, 0.15) is 10.4 Å². The first-order chi connectivity index (χ1) is 14.2. The number of piperazine rings is 1. The fourth-order valence-electron chi connectivity index (χ4n) is 3.28. The van der Waals surface area contributed by atoms with Gasteiger partial charge in [0.15, 0.2) is 0 Å². The van der Waals surface area contributed by atoms with Crippen molar-refractivity contribution in [1.29, 1.82) is 0 Å². The molecule has 0 bridgehead atoms. The average Bonchev–Trinajstić information content (AvgIpc) is 2.79. The van der Waals surface area contributed by atoms with E-state index in [9.17, 15) is 4.79 Å². The van der Waals surface area contributed by atoms with Crippen LogP contribution < -0.4 is 15.1 Å². The largest absolute Gasteiger partial charge is 0.465 e. The summed E-state index contributed by atoms with van der Waals surface area (Å²) < 4.78 is 4.77. The van der Waals surface area contributed by atoms with E-state index in [1.807, 2.05) is 36.5 Å². The van der Waals surface area contributed by atoms with Crippen molar-refractivity contribution in [2.24, 2.45) is 0 Å². The number of carbonyl (C=O) groups excluding carboxylic acids is 1. The summed E-state index contributed by atoms with van der Waals surface area (Å²) in [5.41, 5.74) is 1.25. The van der Waals surface area contributed by atoms with Crippen LogP contribution in [0.4, 0.5) is 23.1 Å². The van der Waals surface area contributed by atoms with Crippen LogP contribution in [0.2, 0.25) is 0 Å². The number of hydrogen-bond acceptors (Lipinski definition) is 8. The Bertz CT molecular complexity index is 974. The number of carbonyl (C=O) groups is 1. The maximum atomic E-state index is 11.7. The second-order valence-corrected chi connectivity index (χ2v) is 6.62. The third kappa shape index (κ3) is 4.43. The minimum atomic E-state index is -0.372. The van der Waals surface area contributed by atoms with Gasteiger partial charge in [-0.2, -0.15) is 0 Å². The first-order valence-electron chi connectivity index (χ1n) is 9.41. The number of pyridine rings is 1. The van der Waals surface area contributed by atoms with Crippen molar-refractivity contribution < 1.29 is 9.53 Å². The fourth-order valence-corrected chi connectivity index (χ4v) is 3.28. The van der Waals surface area contributed by atoms with Crippen molar-refractivity contribution in [3.05, 3.63) is 66.6 Å². The monoisotopic (exact) mass is 390 g/mol. The Morgan fingerprint density at radius 3 is 2.45 bits per heavy atom. The van der Waals surface area contributed by atoms with Gasteiger partial charge in [-0.3, -0.25) is 0 Å². The van der Waals surface area contributed by atoms with Crippen molar-refractivity contribution in [3.8, 4) is 0 Å². The summed E-state index contributed by atoms with van der Waals surface area (Å²) >= 11 is 0. The van der Waals surface area contributed by atoms with Crippen LogP contribution >= 0.6 is 0 Å². The number of esters is 1. The van der Waals surface area contributed by atoms with E-state index in [2.05, 4.69) is 30.1 Å². The number of nitrogens with zero attached hydrogens (tertiary/aromatic N) is 5. The number of ether oxygens (including phenoxy) is 1. The van der Waals surface area contributed by atoms with Crippen molar-refractivity contribution in [3.63, 3.8) is 0 Å². The molecule has 1 aromatic carbocycles. The molecule has 1 aliphatic rings. The zero-order valence-electron chi connectivity index (χ0n) is 16.2. The minimum absolute atomic E-state index is 0.372. The SMILES string of the molecule is COC(=O)c1cccc(Nc2cc(N3CCN(c4ccccn4)CC3)ncn2)c1. The highest BCUT2D eigenvalue weighted by Gasteiger charge is 2.19. The summed E-state index contributed by atoms with van der Waals surface area (Å²) in [5, 5.41) is 3.23. The Hall–Kier alpha value is -3.68. The second kappa shape index (κ2) is 8.55. The van der Waals surface area contributed by atoms with Gasteiger partial charge in [0.25, 0.3) is 0 Å². The number of nitrogens with one attached hydrogen (secondary N) is 1. The van der Waals surface area contributed by atoms with E-state index < -0.39 is 0 Å². The van der Waals surface area contributed by atoms with Crippen molar-refractivity contribution >= 4 is 29.1 Å². The molecule has 8 heteroatoms. The maximum absolute atomic E-state index is 11.7. The molecule has 1 saturated heterocycles. The van der Waals surface area contributed by atoms with Crippen LogP contribution in [-0.4, -0.2) is 54.2 Å². The van der Waals surface area contributed by atoms with E-state index in [1.165, 1.54) is 7.11 Å². The first-order valence-corrected chi connectivity index (χ1v) is 9.41. The number of hydrogen-bond donors (Lipinski definition) is 1. The molecule has 0 radical (unpaired) electrons. The summed E-state index contributed by atoms with van der Waals surface area (Å²) in [6.07, 6.45) is 3.37. The van der Waals surface area contributed by atoms with Gasteiger partial charge in [0.05, 0.1) is 12.7 Å². The van der Waals surface area contributed by atoms with Crippen molar-refractivity contribution in [2.45, 2.75) is 0 Å². The zero-order chi connectivity index (χ0) is 20.1. The lowest BCUT2D eigenvalue weighted by Crippen LogP contribution is -2.47. The van der Waals surface area contributed by atoms with Gasteiger partial charge in [0.2, 0.25) is 0 Å². The summed E-state index contributed by atoms with van der Waals surface area (Å²) in [7, 11) is 1.37. The molecule has 3 heterocycles. The summed E-state index contributed by atoms with van der Waals surface area (Å²) in [5.74, 6) is 2.17. The van der Waals surface area contributed by atoms with Gasteiger partial charge >= 0.3 is 5.97 Å². The van der Waals surface area contributed by atoms with Crippen LogP contribution in [0, 0.1) is 0 Å². The highest BCUT2D eigenvalue weighted by Crippen LogP contribution is 2.21. The Balaban J connectivity index is 1.42. The number of methoxy groups -OCH3 is 1. The van der Waals surface area contributed by atoms with Crippen LogP contribution in [-0.2, 0) is 4.74 Å². The molecular weight excluding hydrogens is 368 g/mol. The molecule has 148 valence electrons. The van der Waals surface area contributed by atoms with Gasteiger partial charge in [-0.05, 0) is 30.3 Å². The Labute approximate surface area is 169 Å². The minimum Gasteiger partial charge on any atom is -0.465 e. The van der Waals surface area contributed by atoms with Gasteiger partial charge in [-0.15, -0.1) is 0 Å². The maximum Gasteiger partial charge on any atom is 0.337 e. The predicted octanol–water partition coefficient (Wildman–Crippen LogP) is 2.73. The quantitative estimate of drug-likeness (QED) is 0.666. The van der Waals surface area contributed by atoms with Crippen LogP contribution in [0.15, 0.2) is 61.1 Å².